The highest BCUT2D eigenvalue weighted by atomic mass is 35.5. The number of benzene rings is 1. The molecule has 0 unspecified atom stereocenters. The minimum absolute atomic E-state index is 0.00894. The molecule has 6 heteroatoms. The van der Waals surface area contributed by atoms with Gasteiger partial charge in [-0.15, -0.1) is 0 Å². The van der Waals surface area contributed by atoms with E-state index in [1.54, 1.807) is 18.2 Å². The summed E-state index contributed by atoms with van der Waals surface area (Å²) in [5.74, 6) is 0.531. The summed E-state index contributed by atoms with van der Waals surface area (Å²) in [5.41, 5.74) is 0.617. The van der Waals surface area contributed by atoms with E-state index in [2.05, 4.69) is 5.32 Å². The lowest BCUT2D eigenvalue weighted by Gasteiger charge is -2.13. The number of hydrogen-bond donors (Lipinski definition) is 1. The van der Waals surface area contributed by atoms with Crippen molar-refractivity contribution in [3.63, 3.8) is 0 Å². The maximum atomic E-state index is 12.3. The quantitative estimate of drug-likeness (QED) is 0.594. The van der Waals surface area contributed by atoms with Crippen molar-refractivity contribution < 1.29 is 14.3 Å². The first kappa shape index (κ1) is 19.3. The molecular formula is C19H23ClN2O3. The topological polar surface area (TPSA) is 71.3 Å². The molecule has 0 radical (unpaired) electrons. The molecule has 1 fully saturated rings. The minimum Gasteiger partial charge on any atom is -0.493 e. The molecule has 1 aliphatic heterocycles. The number of nitrogens with zero attached hydrogens (tertiary/aromatic N) is 1. The molecule has 1 saturated heterocycles. The molecule has 5 nitrogen and oxygen atoms in total. The van der Waals surface area contributed by atoms with E-state index in [0.29, 0.717) is 35.4 Å². The van der Waals surface area contributed by atoms with Crippen molar-refractivity contribution in [1.82, 2.24) is 5.32 Å². The number of hydrogen-bond acceptors (Lipinski definition) is 4. The molecular weight excluding hydrogens is 340 g/mol. The van der Waals surface area contributed by atoms with Gasteiger partial charge in [-0.05, 0) is 43.0 Å². The van der Waals surface area contributed by atoms with Crippen LogP contribution in [0.4, 0.5) is 0 Å². The molecule has 1 atom stereocenters. The molecule has 1 aliphatic rings. The Morgan fingerprint density at radius 1 is 1.56 bits per heavy atom. The second-order valence-corrected chi connectivity index (χ2v) is 6.84. The van der Waals surface area contributed by atoms with E-state index < -0.39 is 5.91 Å². The van der Waals surface area contributed by atoms with Crippen molar-refractivity contribution in [2.45, 2.75) is 32.8 Å². The SMILES string of the molecule is CC(C)COc1ccc(Cl)cc1/C=C(\C#N)C(=O)NC[C@@H]1CCCO1. The Labute approximate surface area is 153 Å². The predicted molar refractivity (Wildman–Crippen MR) is 97.4 cm³/mol. The number of ether oxygens (including phenoxy) is 2. The van der Waals surface area contributed by atoms with E-state index >= 15 is 0 Å². The lowest BCUT2D eigenvalue weighted by molar-refractivity contribution is -0.117. The average molecular weight is 363 g/mol. The second kappa shape index (κ2) is 9.45. The fourth-order valence-electron chi connectivity index (χ4n) is 2.43. The molecule has 0 spiro atoms. The van der Waals surface area contributed by atoms with Gasteiger partial charge in [-0.2, -0.15) is 5.26 Å². The van der Waals surface area contributed by atoms with Gasteiger partial charge in [-0.1, -0.05) is 25.4 Å². The van der Waals surface area contributed by atoms with E-state index in [4.69, 9.17) is 21.1 Å². The van der Waals surface area contributed by atoms with Gasteiger partial charge in [0.15, 0.2) is 0 Å². The van der Waals surface area contributed by atoms with Crippen LogP contribution in [0.3, 0.4) is 0 Å². The number of carbonyl (C=O) groups excluding carboxylic acids is 1. The Bertz CT molecular complexity index is 674. The lowest BCUT2D eigenvalue weighted by atomic mass is 10.1. The van der Waals surface area contributed by atoms with Crippen LogP contribution in [0.15, 0.2) is 23.8 Å². The van der Waals surface area contributed by atoms with E-state index in [9.17, 15) is 10.1 Å². The molecule has 0 aromatic heterocycles. The molecule has 1 N–H and O–H groups in total. The molecule has 0 aliphatic carbocycles. The molecule has 1 heterocycles. The number of nitrogens with one attached hydrogen (secondary N) is 1. The Kier molecular flexibility index (Phi) is 7.30. The van der Waals surface area contributed by atoms with Gasteiger partial charge in [0.2, 0.25) is 0 Å². The number of carbonyl (C=O) groups is 1. The summed E-state index contributed by atoms with van der Waals surface area (Å²) in [7, 11) is 0. The number of rotatable bonds is 7. The van der Waals surface area contributed by atoms with Crippen molar-refractivity contribution in [1.29, 1.82) is 5.26 Å². The zero-order chi connectivity index (χ0) is 18.2. The Balaban J connectivity index is 2.12. The van der Waals surface area contributed by atoms with Crippen LogP contribution in [0.25, 0.3) is 6.08 Å². The monoisotopic (exact) mass is 362 g/mol. The van der Waals surface area contributed by atoms with Crippen LogP contribution in [0.2, 0.25) is 5.02 Å². The zero-order valence-corrected chi connectivity index (χ0v) is 15.3. The van der Waals surface area contributed by atoms with Gasteiger partial charge in [0.25, 0.3) is 5.91 Å². The molecule has 25 heavy (non-hydrogen) atoms. The van der Waals surface area contributed by atoms with Gasteiger partial charge < -0.3 is 14.8 Å². The fraction of sp³-hybridized carbons (Fsp3) is 0.474. The summed E-state index contributed by atoms with van der Waals surface area (Å²) in [4.78, 5) is 12.3. The maximum absolute atomic E-state index is 12.3. The Hall–Kier alpha value is -2.03. The summed E-state index contributed by atoms with van der Waals surface area (Å²) in [5, 5.41) is 12.6. The van der Waals surface area contributed by atoms with Gasteiger partial charge in [-0.3, -0.25) is 4.79 Å². The van der Waals surface area contributed by atoms with Gasteiger partial charge in [0, 0.05) is 23.7 Å². The highest BCUT2D eigenvalue weighted by Crippen LogP contribution is 2.26. The van der Waals surface area contributed by atoms with Gasteiger partial charge in [0.05, 0.1) is 12.7 Å². The van der Waals surface area contributed by atoms with Crippen LogP contribution < -0.4 is 10.1 Å². The van der Waals surface area contributed by atoms with Gasteiger partial charge in [-0.25, -0.2) is 0 Å². The predicted octanol–water partition coefficient (Wildman–Crippen LogP) is 3.58. The standard InChI is InChI=1S/C19H23ClN2O3/c1-13(2)12-25-18-6-5-16(20)9-14(18)8-15(10-21)19(23)22-11-17-4-3-7-24-17/h5-6,8-9,13,17H,3-4,7,11-12H2,1-2H3,(H,22,23)/b15-8+/t17-/m0/s1. The van der Waals surface area contributed by atoms with Crippen LogP contribution in [-0.2, 0) is 9.53 Å². The molecule has 2 rings (SSSR count). The first-order valence-corrected chi connectivity index (χ1v) is 8.81. The van der Waals surface area contributed by atoms with E-state index in [1.165, 1.54) is 6.08 Å². The largest absolute Gasteiger partial charge is 0.493 e. The molecule has 1 aromatic rings. The first-order chi connectivity index (χ1) is 12.0. The van der Waals surface area contributed by atoms with Crippen molar-refractivity contribution >= 4 is 23.6 Å². The zero-order valence-electron chi connectivity index (χ0n) is 14.5. The van der Waals surface area contributed by atoms with Crippen LogP contribution in [0.5, 0.6) is 5.75 Å². The van der Waals surface area contributed by atoms with Crippen LogP contribution >= 0.6 is 11.6 Å². The maximum Gasteiger partial charge on any atom is 0.262 e. The smallest absolute Gasteiger partial charge is 0.262 e. The summed E-state index contributed by atoms with van der Waals surface area (Å²) < 4.78 is 11.2. The third-order valence-corrected chi connectivity index (χ3v) is 3.96. The van der Waals surface area contributed by atoms with Crippen LogP contribution in [-0.4, -0.2) is 31.8 Å². The van der Waals surface area contributed by atoms with E-state index in [-0.39, 0.29) is 11.7 Å². The normalized spacial score (nSPS) is 17.4. The van der Waals surface area contributed by atoms with Crippen molar-refractivity contribution in [3.8, 4) is 11.8 Å². The molecule has 0 saturated carbocycles. The minimum atomic E-state index is -0.423. The third-order valence-electron chi connectivity index (χ3n) is 3.72. The summed E-state index contributed by atoms with van der Waals surface area (Å²) >= 11 is 6.05. The molecule has 1 aromatic carbocycles. The van der Waals surface area contributed by atoms with Gasteiger partial charge >= 0.3 is 0 Å². The molecule has 134 valence electrons. The third kappa shape index (κ3) is 6.08. The second-order valence-electron chi connectivity index (χ2n) is 6.40. The number of amides is 1. The van der Waals surface area contributed by atoms with Crippen LogP contribution in [0.1, 0.15) is 32.3 Å². The lowest BCUT2D eigenvalue weighted by Crippen LogP contribution is -2.32. The first-order valence-electron chi connectivity index (χ1n) is 8.43. The van der Waals surface area contributed by atoms with Crippen molar-refractivity contribution in [2.75, 3.05) is 19.8 Å². The number of halogens is 1. The summed E-state index contributed by atoms with van der Waals surface area (Å²) in [6.07, 6.45) is 3.46. The fourth-order valence-corrected chi connectivity index (χ4v) is 2.61. The van der Waals surface area contributed by atoms with E-state index in [0.717, 1.165) is 19.4 Å². The highest BCUT2D eigenvalue weighted by molar-refractivity contribution is 6.30. The average Bonchev–Trinajstić information content (AvgIpc) is 3.10. The Morgan fingerprint density at radius 3 is 3.00 bits per heavy atom. The summed E-state index contributed by atoms with van der Waals surface area (Å²) in [6, 6.07) is 7.10. The van der Waals surface area contributed by atoms with Crippen molar-refractivity contribution in [2.24, 2.45) is 5.92 Å². The van der Waals surface area contributed by atoms with E-state index in [1.807, 2.05) is 19.9 Å². The van der Waals surface area contributed by atoms with Gasteiger partial charge in [0.1, 0.15) is 17.4 Å². The molecule has 0 bridgehead atoms. The summed E-state index contributed by atoms with van der Waals surface area (Å²) in [6.45, 7) is 5.76. The van der Waals surface area contributed by atoms with Crippen molar-refractivity contribution in [3.05, 3.63) is 34.4 Å². The molecule has 1 amide bonds. The number of nitriles is 1. The Morgan fingerprint density at radius 2 is 2.36 bits per heavy atom. The van der Waals surface area contributed by atoms with Crippen LogP contribution in [0, 0.1) is 17.2 Å². The highest BCUT2D eigenvalue weighted by Gasteiger charge is 2.18.